The van der Waals surface area contributed by atoms with E-state index in [1.165, 1.54) is 13.1 Å². The number of alkyl halides is 1. The molecular formula is C25H35F2N5O3S. The molecule has 36 heavy (non-hydrogen) atoms. The van der Waals surface area contributed by atoms with Gasteiger partial charge in [0.15, 0.2) is 5.82 Å². The van der Waals surface area contributed by atoms with Gasteiger partial charge < -0.3 is 9.64 Å². The van der Waals surface area contributed by atoms with Gasteiger partial charge in [0.25, 0.3) is 10.2 Å². The lowest BCUT2D eigenvalue weighted by molar-refractivity contribution is -0.00226. The zero-order valence-electron chi connectivity index (χ0n) is 20.6. The highest BCUT2D eigenvalue weighted by Crippen LogP contribution is 2.35. The molecule has 1 aromatic heterocycles. The summed E-state index contributed by atoms with van der Waals surface area (Å²) in [6.45, 7) is 0.647. The maximum atomic E-state index is 13.6. The fraction of sp³-hybridized carbons (Fsp3) is 0.600. The van der Waals surface area contributed by atoms with Gasteiger partial charge in [-0.05, 0) is 67.9 Å². The molecule has 1 aliphatic heterocycles. The van der Waals surface area contributed by atoms with Gasteiger partial charge >= 0.3 is 0 Å². The molecular weight excluding hydrogens is 488 g/mol. The Hall–Kier alpha value is -2.21. The summed E-state index contributed by atoms with van der Waals surface area (Å²) in [7, 11) is -2.44. The molecule has 2 aliphatic rings. The molecule has 0 radical (unpaired) electrons. The third-order valence-electron chi connectivity index (χ3n) is 7.27. The molecule has 1 saturated carbocycles. The Morgan fingerprint density at radius 2 is 1.97 bits per heavy atom. The number of nitrogens with one attached hydrogen (secondary N) is 1. The number of aromatic nitrogens is 2. The first-order chi connectivity index (χ1) is 17.4. The van der Waals surface area contributed by atoms with E-state index in [4.69, 9.17) is 4.74 Å². The van der Waals surface area contributed by atoms with E-state index in [1.54, 1.807) is 18.3 Å². The zero-order chi connectivity index (χ0) is 25.5. The molecule has 8 nitrogen and oxygen atoms in total. The standard InChI is InChI=1S/C25H35F2N5O3S/c1-31(15-12-26)36(33,34)30-24-11-14-32(25-6-3-13-28-29-25)17-21(24)18-35-23-9-7-19(8-10-23)20-4-2-5-22(27)16-20/h2-6,13,16,19,21,23-24,30H,7-12,14-15,17-18H2,1H3/t19?,21?,23?,24-/m0/s1. The number of anilines is 1. The summed E-state index contributed by atoms with van der Waals surface area (Å²) in [5, 5.41) is 8.17. The van der Waals surface area contributed by atoms with E-state index < -0.39 is 16.9 Å². The van der Waals surface area contributed by atoms with Crippen LogP contribution in [0.3, 0.4) is 0 Å². The summed E-state index contributed by atoms with van der Waals surface area (Å²) in [6, 6.07) is 10.2. The van der Waals surface area contributed by atoms with E-state index in [1.807, 2.05) is 18.2 Å². The van der Waals surface area contributed by atoms with Crippen LogP contribution in [-0.2, 0) is 14.9 Å². The van der Waals surface area contributed by atoms with E-state index >= 15 is 0 Å². The number of hydrogen-bond acceptors (Lipinski definition) is 6. The number of benzene rings is 1. The van der Waals surface area contributed by atoms with Crippen molar-refractivity contribution in [2.45, 2.75) is 50.2 Å². The lowest BCUT2D eigenvalue weighted by Crippen LogP contribution is -2.55. The highest BCUT2D eigenvalue weighted by atomic mass is 32.2. The minimum Gasteiger partial charge on any atom is -0.378 e. The van der Waals surface area contributed by atoms with Gasteiger partial charge in [0.05, 0.1) is 12.7 Å². The van der Waals surface area contributed by atoms with E-state index in [0.717, 1.165) is 41.4 Å². The van der Waals surface area contributed by atoms with Crippen LogP contribution in [0.25, 0.3) is 0 Å². The molecule has 2 atom stereocenters. The van der Waals surface area contributed by atoms with Crippen LogP contribution in [0.4, 0.5) is 14.6 Å². The molecule has 0 amide bonds. The molecule has 1 saturated heterocycles. The molecule has 2 fully saturated rings. The first kappa shape index (κ1) is 26.8. The lowest BCUT2D eigenvalue weighted by atomic mass is 9.82. The Morgan fingerprint density at radius 3 is 2.67 bits per heavy atom. The molecule has 1 unspecified atom stereocenters. The topological polar surface area (TPSA) is 87.7 Å². The predicted octanol–water partition coefficient (Wildman–Crippen LogP) is 3.29. The monoisotopic (exact) mass is 523 g/mol. The van der Waals surface area contributed by atoms with Crippen LogP contribution < -0.4 is 9.62 Å². The van der Waals surface area contributed by atoms with Crippen molar-refractivity contribution in [1.82, 2.24) is 19.2 Å². The van der Waals surface area contributed by atoms with Crippen LogP contribution in [0.15, 0.2) is 42.6 Å². The van der Waals surface area contributed by atoms with Crippen molar-refractivity contribution in [3.8, 4) is 0 Å². The smallest absolute Gasteiger partial charge is 0.279 e. The van der Waals surface area contributed by atoms with Crippen LogP contribution in [0.2, 0.25) is 0 Å². The third kappa shape index (κ3) is 6.96. The zero-order valence-corrected chi connectivity index (χ0v) is 21.4. The van der Waals surface area contributed by atoms with Gasteiger partial charge in [-0.25, -0.2) is 8.78 Å². The van der Waals surface area contributed by atoms with Gasteiger partial charge in [0.2, 0.25) is 0 Å². The van der Waals surface area contributed by atoms with Gasteiger partial charge in [0.1, 0.15) is 12.5 Å². The Labute approximate surface area is 212 Å². The van der Waals surface area contributed by atoms with E-state index in [0.29, 0.717) is 32.0 Å². The average molecular weight is 524 g/mol. The van der Waals surface area contributed by atoms with Crippen LogP contribution >= 0.6 is 0 Å². The van der Waals surface area contributed by atoms with Crippen LogP contribution in [0.5, 0.6) is 0 Å². The maximum absolute atomic E-state index is 13.6. The van der Waals surface area contributed by atoms with Crippen molar-refractivity contribution in [1.29, 1.82) is 0 Å². The van der Waals surface area contributed by atoms with E-state index in [2.05, 4.69) is 19.8 Å². The Kier molecular flexibility index (Phi) is 9.21. The van der Waals surface area contributed by atoms with Crippen molar-refractivity contribution < 1.29 is 21.9 Å². The minimum absolute atomic E-state index is 0.0770. The largest absolute Gasteiger partial charge is 0.378 e. The number of rotatable bonds is 10. The first-order valence-electron chi connectivity index (χ1n) is 12.5. The Bertz CT molecular complexity index is 1070. The van der Waals surface area contributed by atoms with E-state index in [9.17, 15) is 17.2 Å². The van der Waals surface area contributed by atoms with E-state index in [-0.39, 0.29) is 30.4 Å². The van der Waals surface area contributed by atoms with Gasteiger partial charge in [-0.3, -0.25) is 0 Å². The van der Waals surface area contributed by atoms with Gasteiger partial charge in [-0.15, -0.1) is 5.10 Å². The fourth-order valence-corrected chi connectivity index (χ4v) is 6.31. The molecule has 2 aromatic rings. The van der Waals surface area contributed by atoms with Crippen molar-refractivity contribution in [2.24, 2.45) is 5.92 Å². The molecule has 1 aromatic carbocycles. The van der Waals surface area contributed by atoms with Crippen molar-refractivity contribution in [3.63, 3.8) is 0 Å². The summed E-state index contributed by atoms with van der Waals surface area (Å²) in [6.07, 6.45) is 5.86. The minimum atomic E-state index is -3.81. The molecule has 4 rings (SSSR count). The highest BCUT2D eigenvalue weighted by Gasteiger charge is 2.35. The van der Waals surface area contributed by atoms with Crippen LogP contribution in [0.1, 0.15) is 43.6 Å². The Balaban J connectivity index is 1.38. The quantitative estimate of drug-likeness (QED) is 0.514. The SMILES string of the molecule is CN(CCF)S(=O)(=O)N[C@H]1CCN(c2cccnn2)CC1COC1CCC(c2cccc(F)c2)CC1. The second-order valence-electron chi connectivity index (χ2n) is 9.68. The fourth-order valence-electron chi connectivity index (χ4n) is 5.13. The van der Waals surface area contributed by atoms with Crippen molar-refractivity contribution in [2.75, 3.05) is 44.9 Å². The molecule has 198 valence electrons. The molecule has 1 N–H and O–H groups in total. The number of nitrogens with zero attached hydrogens (tertiary/aromatic N) is 4. The summed E-state index contributed by atoms with van der Waals surface area (Å²) in [5.74, 6) is 0.749. The highest BCUT2D eigenvalue weighted by molar-refractivity contribution is 7.87. The summed E-state index contributed by atoms with van der Waals surface area (Å²) in [4.78, 5) is 2.10. The van der Waals surface area contributed by atoms with Gasteiger partial charge in [-0.1, -0.05) is 12.1 Å². The van der Waals surface area contributed by atoms with Gasteiger partial charge in [0, 0.05) is 44.8 Å². The Morgan fingerprint density at radius 1 is 1.17 bits per heavy atom. The third-order valence-corrected chi connectivity index (χ3v) is 8.87. The van der Waals surface area contributed by atoms with Crippen LogP contribution in [0, 0.1) is 11.7 Å². The second-order valence-corrected chi connectivity index (χ2v) is 11.5. The maximum Gasteiger partial charge on any atom is 0.279 e. The second kappa shape index (κ2) is 12.4. The molecule has 11 heteroatoms. The number of halogens is 2. The number of hydrogen-bond donors (Lipinski definition) is 1. The lowest BCUT2D eigenvalue weighted by Gasteiger charge is -2.40. The van der Waals surface area contributed by atoms with Gasteiger partial charge in [-0.2, -0.15) is 22.5 Å². The van der Waals surface area contributed by atoms with Crippen molar-refractivity contribution in [3.05, 3.63) is 54.0 Å². The molecule has 0 spiro atoms. The molecule has 0 bridgehead atoms. The summed E-state index contributed by atoms with van der Waals surface area (Å²) in [5.41, 5.74) is 1.03. The number of piperidine rings is 1. The average Bonchev–Trinajstić information content (AvgIpc) is 2.89. The molecule has 2 heterocycles. The predicted molar refractivity (Wildman–Crippen MR) is 134 cm³/mol. The number of ether oxygens (including phenoxy) is 1. The normalized spacial score (nSPS) is 25.3. The summed E-state index contributed by atoms with van der Waals surface area (Å²) >= 11 is 0. The molecule has 1 aliphatic carbocycles. The summed E-state index contributed by atoms with van der Waals surface area (Å²) < 4.78 is 61.9. The van der Waals surface area contributed by atoms with Crippen molar-refractivity contribution >= 4 is 16.0 Å². The van der Waals surface area contributed by atoms with Crippen LogP contribution in [-0.4, -0.2) is 75.0 Å². The first-order valence-corrected chi connectivity index (χ1v) is 14.0.